The van der Waals surface area contributed by atoms with Crippen LogP contribution in [0.3, 0.4) is 0 Å². The number of hydrogen-bond acceptors (Lipinski definition) is 2. The molecular formula is C20H31FN2. The Balaban J connectivity index is 1.53. The quantitative estimate of drug-likeness (QED) is 0.803. The van der Waals surface area contributed by atoms with Crippen molar-refractivity contribution in [1.29, 1.82) is 0 Å². The van der Waals surface area contributed by atoms with E-state index in [0.29, 0.717) is 5.41 Å². The SMILES string of the molecule is CCC(C)(C)C1CCC(N2CCN(c3ccc(F)cc3)CC2)C1. The van der Waals surface area contributed by atoms with Crippen LogP contribution in [0.5, 0.6) is 0 Å². The molecule has 3 heteroatoms. The highest BCUT2D eigenvalue weighted by atomic mass is 19.1. The van der Waals surface area contributed by atoms with E-state index in [4.69, 9.17) is 0 Å². The molecule has 0 bridgehead atoms. The highest BCUT2D eigenvalue weighted by Crippen LogP contribution is 2.43. The van der Waals surface area contributed by atoms with Gasteiger partial charge in [-0.1, -0.05) is 27.2 Å². The maximum absolute atomic E-state index is 13.1. The van der Waals surface area contributed by atoms with E-state index in [9.17, 15) is 4.39 Å². The summed E-state index contributed by atoms with van der Waals surface area (Å²) in [5, 5.41) is 0. The van der Waals surface area contributed by atoms with Gasteiger partial charge in [-0.05, 0) is 54.9 Å². The third-order valence-corrected chi connectivity index (χ3v) is 6.44. The monoisotopic (exact) mass is 318 g/mol. The maximum Gasteiger partial charge on any atom is 0.123 e. The van der Waals surface area contributed by atoms with Gasteiger partial charge >= 0.3 is 0 Å². The molecule has 0 amide bonds. The average Bonchev–Trinajstić information content (AvgIpc) is 3.07. The van der Waals surface area contributed by atoms with Gasteiger partial charge in [0.25, 0.3) is 0 Å². The number of benzene rings is 1. The Hall–Kier alpha value is -1.09. The van der Waals surface area contributed by atoms with Gasteiger partial charge in [-0.3, -0.25) is 4.90 Å². The van der Waals surface area contributed by atoms with Gasteiger partial charge in [0.15, 0.2) is 0 Å². The van der Waals surface area contributed by atoms with Gasteiger partial charge in [0.05, 0.1) is 0 Å². The second-order valence-electron chi connectivity index (χ2n) is 8.01. The lowest BCUT2D eigenvalue weighted by Crippen LogP contribution is -2.50. The molecule has 1 saturated carbocycles. The van der Waals surface area contributed by atoms with E-state index in [1.165, 1.54) is 25.7 Å². The van der Waals surface area contributed by atoms with Crippen LogP contribution in [0.2, 0.25) is 0 Å². The second-order valence-corrected chi connectivity index (χ2v) is 8.01. The summed E-state index contributed by atoms with van der Waals surface area (Å²) in [6, 6.07) is 7.72. The molecular weight excluding hydrogens is 287 g/mol. The minimum Gasteiger partial charge on any atom is -0.369 e. The van der Waals surface area contributed by atoms with E-state index in [1.54, 1.807) is 12.1 Å². The average molecular weight is 318 g/mol. The molecule has 1 aliphatic heterocycles. The summed E-state index contributed by atoms with van der Waals surface area (Å²) in [4.78, 5) is 5.09. The zero-order valence-corrected chi connectivity index (χ0v) is 14.9. The number of hydrogen-bond donors (Lipinski definition) is 0. The molecule has 1 heterocycles. The first-order valence-electron chi connectivity index (χ1n) is 9.24. The molecule has 3 rings (SSSR count). The van der Waals surface area contributed by atoms with Crippen molar-refractivity contribution in [3.63, 3.8) is 0 Å². The molecule has 2 unspecified atom stereocenters. The minimum atomic E-state index is -0.150. The lowest BCUT2D eigenvalue weighted by Gasteiger charge is -2.39. The Bertz CT molecular complexity index is 503. The number of halogens is 1. The highest BCUT2D eigenvalue weighted by molar-refractivity contribution is 5.46. The summed E-state index contributed by atoms with van der Waals surface area (Å²) in [6.07, 6.45) is 5.41. The highest BCUT2D eigenvalue weighted by Gasteiger charge is 2.37. The predicted octanol–water partition coefficient (Wildman–Crippen LogP) is 4.55. The zero-order valence-electron chi connectivity index (χ0n) is 14.9. The topological polar surface area (TPSA) is 6.48 Å². The lowest BCUT2D eigenvalue weighted by molar-refractivity contribution is 0.158. The van der Waals surface area contributed by atoms with Crippen molar-refractivity contribution in [2.45, 2.75) is 52.5 Å². The molecule has 1 aliphatic carbocycles. The lowest BCUT2D eigenvalue weighted by atomic mass is 9.76. The van der Waals surface area contributed by atoms with Crippen molar-refractivity contribution in [2.75, 3.05) is 31.1 Å². The molecule has 1 aromatic carbocycles. The molecule has 23 heavy (non-hydrogen) atoms. The molecule has 2 fully saturated rings. The summed E-state index contributed by atoms with van der Waals surface area (Å²) in [6.45, 7) is 11.6. The van der Waals surface area contributed by atoms with Crippen LogP contribution >= 0.6 is 0 Å². The van der Waals surface area contributed by atoms with Crippen LogP contribution in [0.4, 0.5) is 10.1 Å². The zero-order chi connectivity index (χ0) is 16.4. The van der Waals surface area contributed by atoms with Crippen LogP contribution in [0.25, 0.3) is 0 Å². The number of piperazine rings is 1. The standard InChI is InChI=1S/C20H31FN2/c1-4-20(2,3)16-5-8-19(15-16)23-13-11-22(12-14-23)18-9-6-17(21)7-10-18/h6-7,9-10,16,19H,4-5,8,11-15H2,1-3H3. The van der Waals surface area contributed by atoms with E-state index in [2.05, 4.69) is 30.6 Å². The van der Waals surface area contributed by atoms with E-state index >= 15 is 0 Å². The van der Waals surface area contributed by atoms with Gasteiger partial charge in [0.1, 0.15) is 5.82 Å². The molecule has 0 aromatic heterocycles. The Kier molecular flexibility index (Phi) is 4.96. The minimum absolute atomic E-state index is 0.150. The molecule has 2 aliphatic rings. The fraction of sp³-hybridized carbons (Fsp3) is 0.700. The van der Waals surface area contributed by atoms with Crippen LogP contribution in [0.1, 0.15) is 46.5 Å². The largest absolute Gasteiger partial charge is 0.369 e. The fourth-order valence-electron chi connectivity index (χ4n) is 4.28. The summed E-state index contributed by atoms with van der Waals surface area (Å²) in [7, 11) is 0. The summed E-state index contributed by atoms with van der Waals surface area (Å²) >= 11 is 0. The van der Waals surface area contributed by atoms with E-state index in [-0.39, 0.29) is 5.82 Å². The first-order valence-corrected chi connectivity index (χ1v) is 9.24. The maximum atomic E-state index is 13.1. The number of rotatable bonds is 4. The third-order valence-electron chi connectivity index (χ3n) is 6.44. The van der Waals surface area contributed by atoms with Crippen LogP contribution < -0.4 is 4.90 Å². The van der Waals surface area contributed by atoms with Crippen molar-refractivity contribution in [2.24, 2.45) is 11.3 Å². The Morgan fingerprint density at radius 1 is 1.04 bits per heavy atom. The van der Waals surface area contributed by atoms with Crippen molar-refractivity contribution in [3.05, 3.63) is 30.1 Å². The Labute approximate surface area is 140 Å². The van der Waals surface area contributed by atoms with Gasteiger partial charge in [0.2, 0.25) is 0 Å². The van der Waals surface area contributed by atoms with Crippen molar-refractivity contribution < 1.29 is 4.39 Å². The van der Waals surface area contributed by atoms with E-state index in [1.807, 2.05) is 12.1 Å². The van der Waals surface area contributed by atoms with Gasteiger partial charge in [0, 0.05) is 37.9 Å². The molecule has 0 spiro atoms. The van der Waals surface area contributed by atoms with Crippen molar-refractivity contribution in [1.82, 2.24) is 4.90 Å². The third kappa shape index (κ3) is 3.71. The molecule has 1 saturated heterocycles. The van der Waals surface area contributed by atoms with Crippen LogP contribution in [0.15, 0.2) is 24.3 Å². The summed E-state index contributed by atoms with van der Waals surface area (Å²) in [5.41, 5.74) is 1.65. The molecule has 2 atom stereocenters. The summed E-state index contributed by atoms with van der Waals surface area (Å²) in [5.74, 6) is 0.732. The number of nitrogens with zero attached hydrogens (tertiary/aromatic N) is 2. The van der Waals surface area contributed by atoms with Crippen LogP contribution in [-0.4, -0.2) is 37.1 Å². The van der Waals surface area contributed by atoms with Crippen LogP contribution in [-0.2, 0) is 0 Å². The van der Waals surface area contributed by atoms with E-state index in [0.717, 1.165) is 43.8 Å². The molecule has 128 valence electrons. The second kappa shape index (κ2) is 6.80. The van der Waals surface area contributed by atoms with Gasteiger partial charge in [-0.2, -0.15) is 0 Å². The summed E-state index contributed by atoms with van der Waals surface area (Å²) < 4.78 is 13.1. The van der Waals surface area contributed by atoms with Gasteiger partial charge < -0.3 is 4.90 Å². The predicted molar refractivity (Wildman–Crippen MR) is 95.4 cm³/mol. The van der Waals surface area contributed by atoms with E-state index < -0.39 is 0 Å². The molecule has 0 N–H and O–H groups in total. The van der Waals surface area contributed by atoms with Crippen LogP contribution in [0, 0.1) is 17.2 Å². The Morgan fingerprint density at radius 2 is 1.70 bits per heavy atom. The van der Waals surface area contributed by atoms with Gasteiger partial charge in [-0.25, -0.2) is 4.39 Å². The molecule has 1 aromatic rings. The normalized spacial score (nSPS) is 26.7. The van der Waals surface area contributed by atoms with Crippen molar-refractivity contribution >= 4 is 5.69 Å². The molecule has 2 nitrogen and oxygen atoms in total. The van der Waals surface area contributed by atoms with Crippen molar-refractivity contribution in [3.8, 4) is 0 Å². The first-order chi connectivity index (χ1) is 11.0. The Morgan fingerprint density at radius 3 is 2.30 bits per heavy atom. The molecule has 0 radical (unpaired) electrons. The smallest absolute Gasteiger partial charge is 0.123 e. The first kappa shape index (κ1) is 16.8. The number of anilines is 1. The fourth-order valence-corrected chi connectivity index (χ4v) is 4.28. The van der Waals surface area contributed by atoms with Gasteiger partial charge in [-0.15, -0.1) is 0 Å².